The summed E-state index contributed by atoms with van der Waals surface area (Å²) in [5.41, 5.74) is 3.26. The van der Waals surface area contributed by atoms with Crippen LogP contribution in [0, 0.1) is 0 Å². The van der Waals surface area contributed by atoms with Crippen molar-refractivity contribution in [3.63, 3.8) is 0 Å². The Bertz CT molecular complexity index is 986. The summed E-state index contributed by atoms with van der Waals surface area (Å²) < 4.78 is 12.7. The van der Waals surface area contributed by atoms with Crippen LogP contribution in [0.5, 0.6) is 11.6 Å². The summed E-state index contributed by atoms with van der Waals surface area (Å²) in [5, 5.41) is 12.7. The molecular formula is C19H17BrN4O2S. The first-order chi connectivity index (χ1) is 13.2. The molecule has 2 heterocycles. The van der Waals surface area contributed by atoms with Gasteiger partial charge in [-0.3, -0.25) is 0 Å². The number of nitrogens with zero attached hydrogens (tertiary/aromatic N) is 3. The van der Waals surface area contributed by atoms with E-state index in [2.05, 4.69) is 36.4 Å². The fraction of sp³-hybridized carbons (Fsp3) is 0.211. The molecule has 0 unspecified atom stereocenters. The largest absolute Gasteiger partial charge is 0.496 e. The number of aromatic nitrogens is 3. The van der Waals surface area contributed by atoms with E-state index in [4.69, 9.17) is 9.47 Å². The van der Waals surface area contributed by atoms with Crippen LogP contribution in [0.25, 0.3) is 11.3 Å². The first-order valence-corrected chi connectivity index (χ1v) is 10.2. The molecule has 0 saturated carbocycles. The Hall–Kier alpha value is -2.32. The van der Waals surface area contributed by atoms with Gasteiger partial charge in [0.05, 0.1) is 12.7 Å². The molecule has 2 aromatic carbocycles. The molecule has 1 aliphatic heterocycles. The Balaban J connectivity index is 1.87. The summed E-state index contributed by atoms with van der Waals surface area (Å²) in [4.78, 5) is 4.59. The maximum atomic E-state index is 6.26. The SMILES string of the molecule is CCSc1nnc2c(n1)O[C@@H](c1ccccc1OC)Nc1ccc(Br)cc1-2. The first kappa shape index (κ1) is 18.1. The molecule has 0 saturated heterocycles. The summed E-state index contributed by atoms with van der Waals surface area (Å²) in [7, 11) is 1.65. The van der Waals surface area contributed by atoms with Gasteiger partial charge in [0, 0.05) is 15.7 Å². The summed E-state index contributed by atoms with van der Waals surface area (Å²) >= 11 is 5.05. The molecule has 4 rings (SSSR count). The normalized spacial score (nSPS) is 15.0. The molecule has 6 nitrogen and oxygen atoms in total. The van der Waals surface area contributed by atoms with Crippen LogP contribution in [0.15, 0.2) is 52.1 Å². The van der Waals surface area contributed by atoms with Gasteiger partial charge in [0.25, 0.3) is 0 Å². The van der Waals surface area contributed by atoms with Crippen LogP contribution in [0.4, 0.5) is 5.69 Å². The molecule has 27 heavy (non-hydrogen) atoms. The lowest BCUT2D eigenvalue weighted by Crippen LogP contribution is -2.18. The zero-order valence-corrected chi connectivity index (χ0v) is 17.2. The third kappa shape index (κ3) is 3.59. The smallest absolute Gasteiger partial charge is 0.247 e. The monoisotopic (exact) mass is 444 g/mol. The van der Waals surface area contributed by atoms with Gasteiger partial charge in [-0.2, -0.15) is 4.98 Å². The van der Waals surface area contributed by atoms with Gasteiger partial charge in [0.2, 0.25) is 17.3 Å². The van der Waals surface area contributed by atoms with Crippen molar-refractivity contribution in [2.45, 2.75) is 18.3 Å². The predicted octanol–water partition coefficient (Wildman–Crippen LogP) is 4.92. The number of para-hydroxylation sites is 1. The van der Waals surface area contributed by atoms with Crippen molar-refractivity contribution in [2.75, 3.05) is 18.2 Å². The highest BCUT2D eigenvalue weighted by Gasteiger charge is 2.28. The molecule has 0 fully saturated rings. The van der Waals surface area contributed by atoms with Crippen LogP contribution in [0.3, 0.4) is 0 Å². The Kier molecular flexibility index (Phi) is 5.18. The average molecular weight is 445 g/mol. The topological polar surface area (TPSA) is 69.2 Å². The molecule has 3 aromatic rings. The number of anilines is 1. The maximum absolute atomic E-state index is 6.26. The van der Waals surface area contributed by atoms with E-state index in [1.807, 2.05) is 49.4 Å². The average Bonchev–Trinajstić information content (AvgIpc) is 2.84. The number of thioether (sulfide) groups is 1. The second-order valence-electron chi connectivity index (χ2n) is 5.76. The number of methoxy groups -OCH3 is 1. The van der Waals surface area contributed by atoms with Crippen molar-refractivity contribution >= 4 is 33.4 Å². The van der Waals surface area contributed by atoms with Gasteiger partial charge in [-0.05, 0) is 36.1 Å². The van der Waals surface area contributed by atoms with Gasteiger partial charge in [-0.15, -0.1) is 10.2 Å². The number of hydrogen-bond donors (Lipinski definition) is 1. The van der Waals surface area contributed by atoms with Crippen molar-refractivity contribution in [2.24, 2.45) is 0 Å². The second-order valence-corrected chi connectivity index (χ2v) is 7.90. The van der Waals surface area contributed by atoms with Crippen molar-refractivity contribution in [3.05, 3.63) is 52.5 Å². The van der Waals surface area contributed by atoms with Crippen LogP contribution in [-0.4, -0.2) is 28.0 Å². The number of rotatable bonds is 4. The van der Waals surface area contributed by atoms with Gasteiger partial charge < -0.3 is 14.8 Å². The molecule has 0 aliphatic carbocycles. The Morgan fingerprint density at radius 2 is 2.07 bits per heavy atom. The maximum Gasteiger partial charge on any atom is 0.247 e. The number of nitrogens with one attached hydrogen (secondary N) is 1. The van der Waals surface area contributed by atoms with E-state index >= 15 is 0 Å². The fourth-order valence-corrected chi connectivity index (χ4v) is 3.75. The second kappa shape index (κ2) is 7.74. The van der Waals surface area contributed by atoms with Crippen molar-refractivity contribution < 1.29 is 9.47 Å². The van der Waals surface area contributed by atoms with Gasteiger partial charge in [0.1, 0.15) is 5.75 Å². The quantitative estimate of drug-likeness (QED) is 0.572. The standard InChI is InChI=1S/C19H17BrN4O2S/c1-3-27-19-22-18-16(23-24-19)13-10-11(20)8-9-14(13)21-17(26-18)12-6-4-5-7-15(12)25-2/h4-10,17,21H,3H2,1-2H3/t17-/m0/s1. The highest BCUT2D eigenvalue weighted by Crippen LogP contribution is 2.42. The molecule has 1 aliphatic rings. The lowest BCUT2D eigenvalue weighted by atomic mass is 10.1. The zero-order valence-electron chi connectivity index (χ0n) is 14.8. The van der Waals surface area contributed by atoms with E-state index in [9.17, 15) is 0 Å². The van der Waals surface area contributed by atoms with Crippen molar-refractivity contribution in [1.82, 2.24) is 15.2 Å². The minimum atomic E-state index is -0.474. The summed E-state index contributed by atoms with van der Waals surface area (Å²) in [6.45, 7) is 2.05. The third-order valence-corrected chi connectivity index (χ3v) is 5.30. The van der Waals surface area contributed by atoms with Crippen LogP contribution in [0.2, 0.25) is 0 Å². The molecule has 0 bridgehead atoms. The Morgan fingerprint density at radius 1 is 1.22 bits per heavy atom. The number of ether oxygens (including phenoxy) is 2. The van der Waals surface area contributed by atoms with Crippen LogP contribution >= 0.6 is 27.7 Å². The minimum absolute atomic E-state index is 0.446. The van der Waals surface area contributed by atoms with Crippen LogP contribution in [0.1, 0.15) is 18.7 Å². The van der Waals surface area contributed by atoms with E-state index in [-0.39, 0.29) is 0 Å². The lowest BCUT2D eigenvalue weighted by molar-refractivity contribution is 0.220. The fourth-order valence-electron chi connectivity index (χ4n) is 2.88. The Labute approximate surface area is 169 Å². The van der Waals surface area contributed by atoms with Gasteiger partial charge in [-0.25, -0.2) is 0 Å². The first-order valence-electron chi connectivity index (χ1n) is 8.43. The van der Waals surface area contributed by atoms with E-state index in [0.29, 0.717) is 16.7 Å². The summed E-state index contributed by atoms with van der Waals surface area (Å²) in [5.74, 6) is 2.04. The summed E-state index contributed by atoms with van der Waals surface area (Å²) in [6, 6.07) is 13.7. The molecular weight excluding hydrogens is 428 g/mol. The van der Waals surface area contributed by atoms with E-state index in [0.717, 1.165) is 32.8 Å². The molecule has 0 amide bonds. The van der Waals surface area contributed by atoms with Crippen LogP contribution < -0.4 is 14.8 Å². The van der Waals surface area contributed by atoms with E-state index in [1.165, 1.54) is 11.8 Å². The molecule has 1 N–H and O–H groups in total. The highest BCUT2D eigenvalue weighted by molar-refractivity contribution is 9.10. The van der Waals surface area contributed by atoms with E-state index in [1.54, 1.807) is 7.11 Å². The number of hydrogen-bond acceptors (Lipinski definition) is 7. The van der Waals surface area contributed by atoms with Gasteiger partial charge in [0.15, 0.2) is 5.69 Å². The van der Waals surface area contributed by atoms with E-state index < -0.39 is 6.23 Å². The third-order valence-electron chi connectivity index (χ3n) is 4.08. The van der Waals surface area contributed by atoms with Crippen molar-refractivity contribution in [1.29, 1.82) is 0 Å². The Morgan fingerprint density at radius 3 is 2.89 bits per heavy atom. The van der Waals surface area contributed by atoms with Crippen molar-refractivity contribution in [3.8, 4) is 22.9 Å². The van der Waals surface area contributed by atoms with Gasteiger partial charge in [-0.1, -0.05) is 46.7 Å². The number of halogens is 1. The lowest BCUT2D eigenvalue weighted by Gasteiger charge is -2.21. The molecule has 0 spiro atoms. The highest BCUT2D eigenvalue weighted by atomic mass is 79.9. The molecule has 0 radical (unpaired) electrons. The predicted molar refractivity (Wildman–Crippen MR) is 109 cm³/mol. The molecule has 8 heteroatoms. The summed E-state index contributed by atoms with van der Waals surface area (Å²) in [6.07, 6.45) is -0.474. The molecule has 138 valence electrons. The zero-order chi connectivity index (χ0) is 18.8. The number of benzene rings is 2. The number of fused-ring (bicyclic) bond motifs is 3. The molecule has 1 aromatic heterocycles. The van der Waals surface area contributed by atoms with Gasteiger partial charge >= 0.3 is 0 Å². The van der Waals surface area contributed by atoms with Crippen LogP contribution in [-0.2, 0) is 0 Å². The minimum Gasteiger partial charge on any atom is -0.496 e. The molecule has 1 atom stereocenters.